The Kier molecular flexibility index (Phi) is 5.45. The molecule has 0 spiro atoms. The van der Waals surface area contributed by atoms with Gasteiger partial charge in [-0.05, 0) is 19.9 Å². The molecule has 1 unspecified atom stereocenters. The molecule has 7 heteroatoms. The SMILES string of the molecule is CCN(C(=O)c1cccc([N+](=O)[O-])c1O)C(C)COC. The number of aromatic hydroxyl groups is 1. The Morgan fingerprint density at radius 1 is 1.55 bits per heavy atom. The minimum Gasteiger partial charge on any atom is -0.502 e. The summed E-state index contributed by atoms with van der Waals surface area (Å²) in [7, 11) is 1.53. The highest BCUT2D eigenvalue weighted by Crippen LogP contribution is 2.30. The lowest BCUT2D eigenvalue weighted by atomic mass is 10.1. The van der Waals surface area contributed by atoms with E-state index in [1.807, 2.05) is 0 Å². The summed E-state index contributed by atoms with van der Waals surface area (Å²) in [5.74, 6) is -1.07. The van der Waals surface area contributed by atoms with Crippen molar-refractivity contribution in [1.29, 1.82) is 0 Å². The number of likely N-dealkylation sites (N-methyl/N-ethyl adjacent to an activating group) is 1. The standard InChI is InChI=1S/C13H18N2O5/c1-4-14(9(2)8-20-3)13(17)10-6-5-7-11(12(10)16)15(18)19/h5-7,9,16H,4,8H2,1-3H3. The molecule has 0 radical (unpaired) electrons. The van der Waals surface area contributed by atoms with Gasteiger partial charge in [-0.25, -0.2) is 0 Å². The largest absolute Gasteiger partial charge is 0.502 e. The maximum absolute atomic E-state index is 12.4. The molecule has 1 aromatic rings. The fourth-order valence-corrected chi connectivity index (χ4v) is 1.99. The molecule has 0 aliphatic rings. The van der Waals surface area contributed by atoms with Gasteiger partial charge in [0.05, 0.1) is 23.1 Å². The first kappa shape index (κ1) is 15.9. The highest BCUT2D eigenvalue weighted by molar-refractivity contribution is 5.98. The van der Waals surface area contributed by atoms with Crippen LogP contribution in [-0.4, -0.2) is 47.1 Å². The minimum atomic E-state index is -0.721. The molecular formula is C13H18N2O5. The van der Waals surface area contributed by atoms with E-state index in [-0.39, 0.29) is 11.6 Å². The van der Waals surface area contributed by atoms with E-state index in [4.69, 9.17) is 4.74 Å². The number of rotatable bonds is 6. The fraction of sp³-hybridized carbons (Fsp3) is 0.462. The van der Waals surface area contributed by atoms with Crippen LogP contribution in [0.4, 0.5) is 5.69 Å². The van der Waals surface area contributed by atoms with Gasteiger partial charge in [-0.1, -0.05) is 6.07 Å². The van der Waals surface area contributed by atoms with E-state index in [0.717, 1.165) is 6.07 Å². The summed E-state index contributed by atoms with van der Waals surface area (Å²) >= 11 is 0. The summed E-state index contributed by atoms with van der Waals surface area (Å²) in [6.07, 6.45) is 0. The zero-order valence-electron chi connectivity index (χ0n) is 11.7. The van der Waals surface area contributed by atoms with Crippen molar-refractivity contribution in [3.8, 4) is 5.75 Å². The van der Waals surface area contributed by atoms with E-state index >= 15 is 0 Å². The molecular weight excluding hydrogens is 264 g/mol. The first-order valence-corrected chi connectivity index (χ1v) is 6.20. The van der Waals surface area contributed by atoms with Gasteiger partial charge in [0, 0.05) is 19.7 Å². The van der Waals surface area contributed by atoms with Crippen molar-refractivity contribution < 1.29 is 19.6 Å². The third-order valence-corrected chi connectivity index (χ3v) is 2.98. The molecule has 1 atom stereocenters. The topological polar surface area (TPSA) is 92.9 Å². The lowest BCUT2D eigenvalue weighted by Crippen LogP contribution is -2.40. The van der Waals surface area contributed by atoms with Crippen molar-refractivity contribution in [2.24, 2.45) is 0 Å². The molecule has 7 nitrogen and oxygen atoms in total. The second-order valence-electron chi connectivity index (χ2n) is 4.33. The minimum absolute atomic E-state index is 0.0796. The Morgan fingerprint density at radius 2 is 2.20 bits per heavy atom. The van der Waals surface area contributed by atoms with E-state index in [1.54, 1.807) is 13.8 Å². The number of methoxy groups -OCH3 is 1. The van der Waals surface area contributed by atoms with Gasteiger partial charge in [0.1, 0.15) is 0 Å². The summed E-state index contributed by atoms with van der Waals surface area (Å²) < 4.78 is 5.00. The van der Waals surface area contributed by atoms with Crippen LogP contribution in [0.1, 0.15) is 24.2 Å². The Bertz CT molecular complexity index is 504. The number of nitro benzene ring substituents is 1. The zero-order valence-corrected chi connectivity index (χ0v) is 11.7. The highest BCUT2D eigenvalue weighted by atomic mass is 16.6. The van der Waals surface area contributed by atoms with E-state index in [2.05, 4.69) is 0 Å². The van der Waals surface area contributed by atoms with Crippen LogP contribution in [0.25, 0.3) is 0 Å². The number of nitro groups is 1. The normalized spacial score (nSPS) is 11.9. The number of carbonyl (C=O) groups excluding carboxylic acids is 1. The van der Waals surface area contributed by atoms with Gasteiger partial charge in [0.25, 0.3) is 5.91 Å². The first-order chi connectivity index (χ1) is 9.43. The number of ether oxygens (including phenoxy) is 1. The van der Waals surface area contributed by atoms with Crippen LogP contribution in [0.3, 0.4) is 0 Å². The third kappa shape index (κ3) is 3.24. The van der Waals surface area contributed by atoms with Crippen LogP contribution in [0.5, 0.6) is 5.75 Å². The van der Waals surface area contributed by atoms with Crippen LogP contribution in [0.2, 0.25) is 0 Å². The Balaban J connectivity index is 3.13. The number of nitrogens with zero attached hydrogens (tertiary/aromatic N) is 2. The van der Waals surface area contributed by atoms with Gasteiger partial charge in [-0.15, -0.1) is 0 Å². The molecule has 0 aliphatic carbocycles. The van der Waals surface area contributed by atoms with Gasteiger partial charge in [-0.2, -0.15) is 0 Å². The maximum atomic E-state index is 12.4. The molecule has 0 aromatic heterocycles. The van der Waals surface area contributed by atoms with Crippen LogP contribution >= 0.6 is 0 Å². The number of para-hydroxylation sites is 1. The molecule has 110 valence electrons. The summed E-state index contributed by atoms with van der Waals surface area (Å²) in [5, 5.41) is 20.6. The number of benzene rings is 1. The van der Waals surface area contributed by atoms with Crippen molar-refractivity contribution in [1.82, 2.24) is 4.90 Å². The van der Waals surface area contributed by atoms with Gasteiger partial charge in [0.2, 0.25) is 5.75 Å². The zero-order chi connectivity index (χ0) is 15.3. The van der Waals surface area contributed by atoms with E-state index in [1.165, 1.54) is 24.1 Å². The van der Waals surface area contributed by atoms with Gasteiger partial charge < -0.3 is 14.7 Å². The molecule has 0 bridgehead atoms. The number of phenols is 1. The van der Waals surface area contributed by atoms with Crippen molar-refractivity contribution >= 4 is 11.6 Å². The quantitative estimate of drug-likeness (QED) is 0.634. The summed E-state index contributed by atoms with van der Waals surface area (Å²) in [4.78, 5) is 23.9. The van der Waals surface area contributed by atoms with Gasteiger partial charge in [-0.3, -0.25) is 14.9 Å². The van der Waals surface area contributed by atoms with Crippen molar-refractivity contribution in [3.63, 3.8) is 0 Å². The second-order valence-corrected chi connectivity index (χ2v) is 4.33. The summed E-state index contributed by atoms with van der Waals surface area (Å²) in [6.45, 7) is 4.35. The summed E-state index contributed by atoms with van der Waals surface area (Å²) in [5.41, 5.74) is -0.560. The Labute approximate surface area is 116 Å². The van der Waals surface area contributed by atoms with E-state index in [0.29, 0.717) is 13.2 Å². The fourth-order valence-electron chi connectivity index (χ4n) is 1.99. The monoisotopic (exact) mass is 282 g/mol. The molecule has 1 N–H and O–H groups in total. The molecule has 0 fully saturated rings. The lowest BCUT2D eigenvalue weighted by Gasteiger charge is -2.27. The predicted molar refractivity (Wildman–Crippen MR) is 72.8 cm³/mol. The van der Waals surface area contributed by atoms with Crippen LogP contribution in [0.15, 0.2) is 18.2 Å². The molecule has 0 saturated heterocycles. The second kappa shape index (κ2) is 6.85. The van der Waals surface area contributed by atoms with Crippen LogP contribution in [0, 0.1) is 10.1 Å². The van der Waals surface area contributed by atoms with Crippen LogP contribution in [-0.2, 0) is 4.74 Å². The summed E-state index contributed by atoms with van der Waals surface area (Å²) in [6, 6.07) is 3.70. The average Bonchev–Trinajstić information content (AvgIpc) is 2.39. The Hall–Kier alpha value is -2.15. The number of phenolic OH excluding ortho intramolecular Hbond substituents is 1. The molecule has 0 heterocycles. The van der Waals surface area contributed by atoms with Gasteiger partial charge in [0.15, 0.2) is 0 Å². The molecule has 0 aliphatic heterocycles. The number of hydrogen-bond donors (Lipinski definition) is 1. The average molecular weight is 282 g/mol. The number of hydrogen-bond acceptors (Lipinski definition) is 5. The Morgan fingerprint density at radius 3 is 2.70 bits per heavy atom. The smallest absolute Gasteiger partial charge is 0.311 e. The van der Waals surface area contributed by atoms with E-state index < -0.39 is 22.3 Å². The molecule has 20 heavy (non-hydrogen) atoms. The van der Waals surface area contributed by atoms with Gasteiger partial charge >= 0.3 is 5.69 Å². The predicted octanol–water partition coefficient (Wildman–Crippen LogP) is 1.80. The highest BCUT2D eigenvalue weighted by Gasteiger charge is 2.26. The first-order valence-electron chi connectivity index (χ1n) is 6.20. The van der Waals surface area contributed by atoms with Crippen molar-refractivity contribution in [2.75, 3.05) is 20.3 Å². The number of amides is 1. The molecule has 1 amide bonds. The molecule has 1 aromatic carbocycles. The molecule has 1 rings (SSSR count). The van der Waals surface area contributed by atoms with E-state index in [9.17, 15) is 20.0 Å². The van der Waals surface area contributed by atoms with Crippen molar-refractivity contribution in [2.45, 2.75) is 19.9 Å². The van der Waals surface area contributed by atoms with Crippen LogP contribution < -0.4 is 0 Å². The molecule has 0 saturated carbocycles. The lowest BCUT2D eigenvalue weighted by molar-refractivity contribution is -0.385. The maximum Gasteiger partial charge on any atom is 0.311 e. The number of carbonyl (C=O) groups is 1. The van der Waals surface area contributed by atoms with Crippen molar-refractivity contribution in [3.05, 3.63) is 33.9 Å². The third-order valence-electron chi connectivity index (χ3n) is 2.98.